The molecule has 2 rings (SSSR count). The summed E-state index contributed by atoms with van der Waals surface area (Å²) in [5.74, 6) is 0.100. The zero-order valence-corrected chi connectivity index (χ0v) is 12.2. The first-order chi connectivity index (χ1) is 8.60. The van der Waals surface area contributed by atoms with E-state index in [0.29, 0.717) is 23.6 Å². The number of carbonyl (C=O) groups is 1. The third kappa shape index (κ3) is 3.00. The van der Waals surface area contributed by atoms with Gasteiger partial charge in [0.2, 0.25) is 0 Å². The second-order valence-corrected chi connectivity index (χ2v) is 5.26. The van der Waals surface area contributed by atoms with Crippen LogP contribution >= 0.6 is 27.5 Å². The number of carbonyl (C=O) groups excluding carboxylic acids is 1. The molecule has 1 heterocycles. The Bertz CT molecular complexity index is 580. The van der Waals surface area contributed by atoms with Gasteiger partial charge in [0.05, 0.1) is 18.3 Å². The zero-order chi connectivity index (χ0) is 13.1. The van der Waals surface area contributed by atoms with Crippen molar-refractivity contribution in [2.75, 3.05) is 0 Å². The highest BCUT2D eigenvalue weighted by atomic mass is 79.9. The molecule has 0 spiro atoms. The first-order valence-corrected chi connectivity index (χ1v) is 6.77. The van der Waals surface area contributed by atoms with Crippen LogP contribution in [0.3, 0.4) is 0 Å². The number of Topliss-reactive ketones (excluding diaryl/α,β-unsaturated/α-hetero) is 1. The summed E-state index contributed by atoms with van der Waals surface area (Å²) in [4.78, 5) is 11.5. The van der Waals surface area contributed by atoms with Crippen LogP contribution in [0.4, 0.5) is 0 Å². The second-order valence-electron chi connectivity index (χ2n) is 3.94. The van der Waals surface area contributed by atoms with Crippen LogP contribution in [0, 0.1) is 0 Å². The molecule has 94 valence electrons. The number of nitrogens with zero attached hydrogens (tertiary/aromatic N) is 2. The van der Waals surface area contributed by atoms with Crippen LogP contribution in [0.1, 0.15) is 29.3 Å². The lowest BCUT2D eigenvalue weighted by molar-refractivity contribution is 0.0988. The summed E-state index contributed by atoms with van der Waals surface area (Å²) in [6.07, 6.45) is 3.84. The number of ketones is 1. The lowest BCUT2D eigenvalue weighted by atomic mass is 10.2. The molecule has 1 aromatic carbocycles. The molecule has 2 aromatic rings. The molecule has 0 aliphatic carbocycles. The van der Waals surface area contributed by atoms with Gasteiger partial charge in [0, 0.05) is 22.1 Å². The zero-order valence-electron chi connectivity index (χ0n) is 9.86. The van der Waals surface area contributed by atoms with E-state index >= 15 is 0 Å². The summed E-state index contributed by atoms with van der Waals surface area (Å²) < 4.78 is 2.66. The van der Waals surface area contributed by atoms with E-state index in [9.17, 15) is 4.79 Å². The maximum absolute atomic E-state index is 11.5. The monoisotopic (exact) mass is 326 g/mol. The quantitative estimate of drug-likeness (QED) is 0.797. The Hall–Kier alpha value is -1.13. The third-order valence-electron chi connectivity index (χ3n) is 2.62. The second kappa shape index (κ2) is 5.67. The molecule has 0 saturated heterocycles. The van der Waals surface area contributed by atoms with E-state index in [0.717, 1.165) is 10.0 Å². The van der Waals surface area contributed by atoms with Crippen molar-refractivity contribution in [3.8, 4) is 0 Å². The highest BCUT2D eigenvalue weighted by Crippen LogP contribution is 2.22. The maximum Gasteiger partial charge on any atom is 0.165 e. The van der Waals surface area contributed by atoms with Gasteiger partial charge in [-0.15, -0.1) is 0 Å². The summed E-state index contributed by atoms with van der Waals surface area (Å²) in [5, 5.41) is 4.85. The normalized spacial score (nSPS) is 10.6. The van der Waals surface area contributed by atoms with Gasteiger partial charge in [-0.05, 0) is 17.7 Å². The number of rotatable bonds is 4. The van der Waals surface area contributed by atoms with E-state index < -0.39 is 0 Å². The Labute approximate surface area is 119 Å². The van der Waals surface area contributed by atoms with Gasteiger partial charge in [0.1, 0.15) is 0 Å². The average molecular weight is 328 g/mol. The molecular weight excluding hydrogens is 316 g/mol. The number of halogens is 2. The summed E-state index contributed by atoms with van der Waals surface area (Å²) in [7, 11) is 0. The SMILES string of the molecule is CCC(=O)c1cnn(Cc2ccc(Br)cc2Cl)c1. The van der Waals surface area contributed by atoms with E-state index in [1.165, 1.54) is 0 Å². The van der Waals surface area contributed by atoms with Crippen molar-refractivity contribution in [2.45, 2.75) is 19.9 Å². The Balaban J connectivity index is 2.18. The molecule has 0 aliphatic heterocycles. The fraction of sp³-hybridized carbons (Fsp3) is 0.231. The van der Waals surface area contributed by atoms with Crippen LogP contribution in [0.15, 0.2) is 35.1 Å². The molecule has 0 radical (unpaired) electrons. The molecule has 0 atom stereocenters. The first kappa shape index (κ1) is 13.3. The topological polar surface area (TPSA) is 34.9 Å². The number of hydrogen-bond acceptors (Lipinski definition) is 2. The Morgan fingerprint density at radius 3 is 2.94 bits per heavy atom. The van der Waals surface area contributed by atoms with Gasteiger partial charge in [-0.2, -0.15) is 5.10 Å². The summed E-state index contributed by atoms with van der Waals surface area (Å²) in [6.45, 7) is 2.40. The lowest BCUT2D eigenvalue weighted by Gasteiger charge is -2.04. The van der Waals surface area contributed by atoms with Gasteiger partial charge >= 0.3 is 0 Å². The van der Waals surface area contributed by atoms with Crippen molar-refractivity contribution in [3.05, 3.63) is 51.2 Å². The molecule has 0 saturated carbocycles. The molecule has 0 fully saturated rings. The minimum absolute atomic E-state index is 0.100. The number of benzene rings is 1. The van der Waals surface area contributed by atoms with Gasteiger partial charge < -0.3 is 0 Å². The lowest BCUT2D eigenvalue weighted by Crippen LogP contribution is -2.01. The van der Waals surface area contributed by atoms with E-state index in [1.54, 1.807) is 17.1 Å². The minimum Gasteiger partial charge on any atom is -0.294 e. The van der Waals surface area contributed by atoms with Gasteiger partial charge in [-0.3, -0.25) is 9.48 Å². The molecule has 1 aromatic heterocycles. The number of aromatic nitrogens is 2. The first-order valence-electron chi connectivity index (χ1n) is 5.59. The van der Waals surface area contributed by atoms with Gasteiger partial charge in [-0.1, -0.05) is 40.5 Å². The van der Waals surface area contributed by atoms with E-state index in [4.69, 9.17) is 11.6 Å². The van der Waals surface area contributed by atoms with Crippen LogP contribution < -0.4 is 0 Å². The van der Waals surface area contributed by atoms with Gasteiger partial charge in [0.25, 0.3) is 0 Å². The fourth-order valence-electron chi connectivity index (χ4n) is 1.62. The van der Waals surface area contributed by atoms with Crippen molar-refractivity contribution in [2.24, 2.45) is 0 Å². The summed E-state index contributed by atoms with van der Waals surface area (Å²) >= 11 is 9.50. The van der Waals surface area contributed by atoms with Crippen molar-refractivity contribution in [3.63, 3.8) is 0 Å². The Morgan fingerprint density at radius 2 is 2.28 bits per heavy atom. The third-order valence-corrected chi connectivity index (χ3v) is 3.47. The highest BCUT2D eigenvalue weighted by molar-refractivity contribution is 9.10. The largest absolute Gasteiger partial charge is 0.294 e. The Morgan fingerprint density at radius 1 is 1.50 bits per heavy atom. The molecule has 0 aliphatic rings. The summed E-state index contributed by atoms with van der Waals surface area (Å²) in [5.41, 5.74) is 1.61. The number of hydrogen-bond donors (Lipinski definition) is 0. The molecule has 0 unspecified atom stereocenters. The van der Waals surface area contributed by atoms with Crippen LogP contribution in [0.2, 0.25) is 5.02 Å². The van der Waals surface area contributed by atoms with E-state index in [-0.39, 0.29) is 5.78 Å². The predicted octanol–water partition coefficient (Wildman–Crippen LogP) is 3.94. The van der Waals surface area contributed by atoms with Gasteiger partial charge in [-0.25, -0.2) is 0 Å². The fourth-order valence-corrected chi connectivity index (χ4v) is 2.36. The van der Waals surface area contributed by atoms with Crippen molar-refractivity contribution in [1.82, 2.24) is 9.78 Å². The molecule has 0 amide bonds. The maximum atomic E-state index is 11.5. The Kier molecular flexibility index (Phi) is 4.19. The molecular formula is C13H12BrClN2O. The van der Waals surface area contributed by atoms with E-state index in [2.05, 4.69) is 21.0 Å². The smallest absolute Gasteiger partial charge is 0.165 e. The van der Waals surface area contributed by atoms with E-state index in [1.807, 2.05) is 25.1 Å². The molecule has 3 nitrogen and oxygen atoms in total. The van der Waals surface area contributed by atoms with Crippen LogP contribution in [-0.4, -0.2) is 15.6 Å². The summed E-state index contributed by atoms with van der Waals surface area (Å²) in [6, 6.07) is 5.72. The van der Waals surface area contributed by atoms with Crippen LogP contribution in [-0.2, 0) is 6.54 Å². The molecule has 0 bridgehead atoms. The van der Waals surface area contributed by atoms with Gasteiger partial charge in [0.15, 0.2) is 5.78 Å². The minimum atomic E-state index is 0.100. The van der Waals surface area contributed by atoms with Crippen molar-refractivity contribution >= 4 is 33.3 Å². The van der Waals surface area contributed by atoms with Crippen molar-refractivity contribution in [1.29, 1.82) is 0 Å². The van der Waals surface area contributed by atoms with Crippen LogP contribution in [0.25, 0.3) is 0 Å². The average Bonchev–Trinajstić information content (AvgIpc) is 2.80. The van der Waals surface area contributed by atoms with Crippen molar-refractivity contribution < 1.29 is 4.79 Å². The highest BCUT2D eigenvalue weighted by Gasteiger charge is 2.07. The molecule has 5 heteroatoms. The van der Waals surface area contributed by atoms with Crippen LogP contribution in [0.5, 0.6) is 0 Å². The predicted molar refractivity (Wildman–Crippen MR) is 75.1 cm³/mol. The standard InChI is InChI=1S/C13H12BrClN2O/c1-2-13(18)10-6-16-17(8-10)7-9-3-4-11(14)5-12(9)15/h3-6,8H,2,7H2,1H3. The molecule has 0 N–H and O–H groups in total. The molecule has 18 heavy (non-hydrogen) atoms.